The van der Waals surface area contributed by atoms with Gasteiger partial charge in [-0.25, -0.2) is 0 Å². The minimum atomic E-state index is -0.252. The number of hydrogen-bond donors (Lipinski definition) is 1. The number of carbonyl (C=O) groups is 2. The Hall–Kier alpha value is -1.06. The lowest BCUT2D eigenvalue weighted by molar-refractivity contribution is -0.146. The van der Waals surface area contributed by atoms with Gasteiger partial charge in [0.2, 0.25) is 11.8 Å². The van der Waals surface area contributed by atoms with E-state index in [2.05, 4.69) is 12.2 Å². The quantitative estimate of drug-likeness (QED) is 0.532. The molecule has 1 heterocycles. The van der Waals surface area contributed by atoms with Crippen molar-refractivity contribution in [1.82, 2.24) is 10.2 Å². The van der Waals surface area contributed by atoms with Crippen LogP contribution in [-0.4, -0.2) is 35.8 Å². The van der Waals surface area contributed by atoms with Crippen LogP contribution in [0, 0.1) is 0 Å². The van der Waals surface area contributed by atoms with Crippen molar-refractivity contribution in [3.8, 4) is 0 Å². The molecule has 0 aromatic carbocycles. The van der Waals surface area contributed by atoms with Crippen LogP contribution < -0.4 is 5.32 Å². The van der Waals surface area contributed by atoms with E-state index in [4.69, 9.17) is 0 Å². The molecule has 0 bridgehead atoms. The molecule has 1 saturated heterocycles. The van der Waals surface area contributed by atoms with Gasteiger partial charge in [0.25, 0.3) is 0 Å². The van der Waals surface area contributed by atoms with Crippen molar-refractivity contribution in [2.24, 2.45) is 0 Å². The summed E-state index contributed by atoms with van der Waals surface area (Å²) in [6.07, 6.45) is 7.64. The van der Waals surface area contributed by atoms with E-state index in [0.717, 1.165) is 12.8 Å². The van der Waals surface area contributed by atoms with E-state index in [1.807, 2.05) is 6.92 Å². The third kappa shape index (κ3) is 4.00. The zero-order valence-corrected chi connectivity index (χ0v) is 11.9. The van der Waals surface area contributed by atoms with Crippen LogP contribution in [0.5, 0.6) is 0 Å². The van der Waals surface area contributed by atoms with Gasteiger partial charge in [0.15, 0.2) is 0 Å². The van der Waals surface area contributed by atoms with Gasteiger partial charge in [-0.2, -0.15) is 0 Å². The SMILES string of the molecule is CCCCCCCCC(=O)N(C)[C@@H]1C(=O)N[C@H]1C. The maximum atomic E-state index is 11.9. The van der Waals surface area contributed by atoms with Crippen molar-refractivity contribution in [2.45, 2.75) is 70.9 Å². The summed E-state index contributed by atoms with van der Waals surface area (Å²) in [6.45, 7) is 4.13. The third-order valence-corrected chi connectivity index (χ3v) is 3.67. The molecule has 0 unspecified atom stereocenters. The molecule has 0 aromatic rings. The van der Waals surface area contributed by atoms with E-state index >= 15 is 0 Å². The first-order valence-corrected chi connectivity index (χ1v) is 7.14. The van der Waals surface area contributed by atoms with Crippen molar-refractivity contribution in [1.29, 1.82) is 0 Å². The number of rotatable bonds is 8. The minimum absolute atomic E-state index is 0.0266. The van der Waals surface area contributed by atoms with Crippen LogP contribution >= 0.6 is 0 Å². The molecule has 1 aliphatic rings. The molecular weight excluding hydrogens is 228 g/mol. The van der Waals surface area contributed by atoms with Gasteiger partial charge in [0.05, 0.1) is 6.04 Å². The predicted octanol–water partition coefficient (Wildman–Crippen LogP) is 2.08. The molecule has 0 aromatic heterocycles. The summed E-state index contributed by atoms with van der Waals surface area (Å²) in [6, 6.07) is -0.159. The summed E-state index contributed by atoms with van der Waals surface area (Å²) in [7, 11) is 1.74. The molecule has 4 nitrogen and oxygen atoms in total. The Morgan fingerprint density at radius 2 is 1.83 bits per heavy atom. The smallest absolute Gasteiger partial charge is 0.245 e. The lowest BCUT2D eigenvalue weighted by Crippen LogP contribution is -2.67. The zero-order valence-electron chi connectivity index (χ0n) is 11.9. The Balaban J connectivity index is 2.14. The first-order chi connectivity index (χ1) is 8.57. The van der Waals surface area contributed by atoms with Gasteiger partial charge >= 0.3 is 0 Å². The monoisotopic (exact) mass is 254 g/mol. The van der Waals surface area contributed by atoms with Crippen molar-refractivity contribution in [3.63, 3.8) is 0 Å². The number of hydrogen-bond acceptors (Lipinski definition) is 2. The van der Waals surface area contributed by atoms with Crippen LogP contribution in [0.15, 0.2) is 0 Å². The highest BCUT2D eigenvalue weighted by Crippen LogP contribution is 2.15. The Morgan fingerprint density at radius 1 is 1.22 bits per heavy atom. The van der Waals surface area contributed by atoms with Gasteiger partial charge in [-0.1, -0.05) is 39.0 Å². The molecule has 0 spiro atoms. The van der Waals surface area contributed by atoms with Crippen LogP contribution in [0.1, 0.15) is 58.8 Å². The number of amides is 2. The largest absolute Gasteiger partial charge is 0.349 e. The number of likely N-dealkylation sites (N-methyl/N-ethyl adjacent to an activating group) is 1. The molecule has 2 atom stereocenters. The molecule has 1 rings (SSSR count). The normalized spacial score (nSPS) is 22.3. The highest BCUT2D eigenvalue weighted by Gasteiger charge is 2.40. The van der Waals surface area contributed by atoms with Gasteiger partial charge < -0.3 is 10.2 Å². The molecule has 1 N–H and O–H groups in total. The number of unbranched alkanes of at least 4 members (excludes halogenated alkanes) is 5. The maximum absolute atomic E-state index is 11.9. The molecule has 0 saturated carbocycles. The first-order valence-electron chi connectivity index (χ1n) is 7.14. The van der Waals surface area contributed by atoms with Gasteiger partial charge in [-0.3, -0.25) is 9.59 Å². The summed E-state index contributed by atoms with van der Waals surface area (Å²) in [5.41, 5.74) is 0. The highest BCUT2D eigenvalue weighted by molar-refractivity contribution is 5.93. The Kier molecular flexibility index (Phi) is 6.16. The fourth-order valence-corrected chi connectivity index (χ4v) is 2.42. The van der Waals surface area contributed by atoms with Crippen LogP contribution in [0.3, 0.4) is 0 Å². The predicted molar refractivity (Wildman–Crippen MR) is 72.2 cm³/mol. The Labute approximate surface area is 110 Å². The fraction of sp³-hybridized carbons (Fsp3) is 0.857. The van der Waals surface area contributed by atoms with E-state index in [1.165, 1.54) is 25.7 Å². The molecule has 1 fully saturated rings. The van der Waals surface area contributed by atoms with E-state index in [0.29, 0.717) is 6.42 Å². The number of β-lactam (4-membered cyclic amide) rings is 1. The summed E-state index contributed by atoms with van der Waals surface area (Å²) >= 11 is 0. The molecule has 0 radical (unpaired) electrons. The van der Waals surface area contributed by atoms with Gasteiger partial charge in [-0.05, 0) is 13.3 Å². The van der Waals surface area contributed by atoms with Crippen molar-refractivity contribution in [3.05, 3.63) is 0 Å². The van der Waals surface area contributed by atoms with Crippen molar-refractivity contribution in [2.75, 3.05) is 7.05 Å². The van der Waals surface area contributed by atoms with Crippen LogP contribution in [0.25, 0.3) is 0 Å². The second kappa shape index (κ2) is 7.39. The van der Waals surface area contributed by atoms with E-state index in [9.17, 15) is 9.59 Å². The van der Waals surface area contributed by atoms with Crippen molar-refractivity contribution < 1.29 is 9.59 Å². The maximum Gasteiger partial charge on any atom is 0.245 e. The minimum Gasteiger partial charge on any atom is -0.349 e. The number of nitrogens with one attached hydrogen (secondary N) is 1. The molecule has 104 valence electrons. The third-order valence-electron chi connectivity index (χ3n) is 3.67. The Bertz CT molecular complexity index is 292. The average molecular weight is 254 g/mol. The lowest BCUT2D eigenvalue weighted by atomic mass is 9.99. The highest BCUT2D eigenvalue weighted by atomic mass is 16.2. The van der Waals surface area contributed by atoms with E-state index in [-0.39, 0.29) is 23.9 Å². The first kappa shape index (κ1) is 15.0. The standard InChI is InChI=1S/C14H26N2O2/c1-4-5-6-7-8-9-10-12(17)16(3)13-11(2)15-14(13)18/h11,13H,4-10H2,1-3H3,(H,15,18)/t11-,13-/m0/s1. The fourth-order valence-electron chi connectivity index (χ4n) is 2.42. The average Bonchev–Trinajstić information content (AvgIpc) is 2.32. The summed E-state index contributed by atoms with van der Waals surface area (Å²) in [5.74, 6) is 0.0680. The van der Waals surface area contributed by atoms with Crippen molar-refractivity contribution >= 4 is 11.8 Å². The number of nitrogens with zero attached hydrogens (tertiary/aromatic N) is 1. The van der Waals surface area contributed by atoms with Gasteiger partial charge in [0, 0.05) is 13.5 Å². The van der Waals surface area contributed by atoms with Gasteiger partial charge in [-0.15, -0.1) is 0 Å². The van der Waals surface area contributed by atoms with E-state index in [1.54, 1.807) is 11.9 Å². The second-order valence-corrected chi connectivity index (χ2v) is 5.26. The summed E-state index contributed by atoms with van der Waals surface area (Å²) in [4.78, 5) is 24.8. The summed E-state index contributed by atoms with van der Waals surface area (Å²) in [5, 5.41) is 2.75. The molecule has 18 heavy (non-hydrogen) atoms. The Morgan fingerprint density at radius 3 is 2.39 bits per heavy atom. The molecule has 4 heteroatoms. The molecule has 0 aliphatic carbocycles. The topological polar surface area (TPSA) is 49.4 Å². The summed E-state index contributed by atoms with van der Waals surface area (Å²) < 4.78 is 0. The molecule has 1 aliphatic heterocycles. The van der Waals surface area contributed by atoms with Crippen LogP contribution in [0.4, 0.5) is 0 Å². The lowest BCUT2D eigenvalue weighted by Gasteiger charge is -2.40. The molecular formula is C14H26N2O2. The van der Waals surface area contributed by atoms with E-state index < -0.39 is 0 Å². The zero-order chi connectivity index (χ0) is 13.5. The van der Waals surface area contributed by atoms with Crippen LogP contribution in [-0.2, 0) is 9.59 Å². The number of carbonyl (C=O) groups excluding carboxylic acids is 2. The molecule has 2 amide bonds. The van der Waals surface area contributed by atoms with Crippen LogP contribution in [0.2, 0.25) is 0 Å². The van der Waals surface area contributed by atoms with Gasteiger partial charge in [0.1, 0.15) is 6.04 Å². The second-order valence-electron chi connectivity index (χ2n) is 5.26.